The van der Waals surface area contributed by atoms with E-state index in [2.05, 4.69) is 15.9 Å². The van der Waals surface area contributed by atoms with Crippen LogP contribution in [-0.2, 0) is 6.61 Å². The second-order valence-corrected chi connectivity index (χ2v) is 5.40. The van der Waals surface area contributed by atoms with E-state index in [0.29, 0.717) is 12.4 Å². The van der Waals surface area contributed by atoms with Gasteiger partial charge < -0.3 is 9.84 Å². The topological polar surface area (TPSA) is 29.5 Å². The molecule has 0 bridgehead atoms. The van der Waals surface area contributed by atoms with Crippen LogP contribution in [0.4, 0.5) is 0 Å². The highest BCUT2D eigenvalue weighted by atomic mass is 79.9. The van der Waals surface area contributed by atoms with Crippen molar-refractivity contribution >= 4 is 26.7 Å². The number of hydrogen-bond acceptors (Lipinski definition) is 2. The number of rotatable bonds is 3. The summed E-state index contributed by atoms with van der Waals surface area (Å²) in [6.07, 6.45) is 0. The Morgan fingerprint density at radius 2 is 1.55 bits per heavy atom. The van der Waals surface area contributed by atoms with Crippen LogP contribution in [0.1, 0.15) is 5.56 Å². The summed E-state index contributed by atoms with van der Waals surface area (Å²) < 4.78 is 6.73. The molecule has 3 aromatic carbocycles. The number of hydrogen-bond donors (Lipinski definition) is 1. The van der Waals surface area contributed by atoms with Crippen LogP contribution in [0.15, 0.2) is 65.1 Å². The van der Waals surface area contributed by atoms with Gasteiger partial charge in [0, 0.05) is 10.0 Å². The summed E-state index contributed by atoms with van der Waals surface area (Å²) in [5, 5.41) is 12.1. The van der Waals surface area contributed by atoms with Crippen LogP contribution >= 0.6 is 15.9 Å². The monoisotopic (exact) mass is 328 g/mol. The van der Waals surface area contributed by atoms with Gasteiger partial charge in [0.15, 0.2) is 11.5 Å². The predicted molar refractivity (Wildman–Crippen MR) is 84.1 cm³/mol. The number of phenolic OH excluding ortho intramolecular Hbond substituents is 1. The molecule has 0 aliphatic carbocycles. The lowest BCUT2D eigenvalue weighted by atomic mass is 10.1. The van der Waals surface area contributed by atoms with Crippen LogP contribution in [0.5, 0.6) is 11.5 Å². The lowest BCUT2D eigenvalue weighted by Crippen LogP contribution is -1.96. The van der Waals surface area contributed by atoms with Crippen LogP contribution < -0.4 is 4.74 Å². The second-order valence-electron chi connectivity index (χ2n) is 4.55. The number of fused-ring (bicyclic) bond motifs is 1. The van der Waals surface area contributed by atoms with E-state index in [1.54, 1.807) is 6.07 Å². The van der Waals surface area contributed by atoms with Crippen molar-refractivity contribution in [2.24, 2.45) is 0 Å². The lowest BCUT2D eigenvalue weighted by molar-refractivity contribution is 0.289. The lowest BCUT2D eigenvalue weighted by Gasteiger charge is -2.10. The maximum absolute atomic E-state index is 10.0. The van der Waals surface area contributed by atoms with Gasteiger partial charge in [0.1, 0.15) is 6.61 Å². The van der Waals surface area contributed by atoms with E-state index in [4.69, 9.17) is 4.74 Å². The largest absolute Gasteiger partial charge is 0.504 e. The minimum absolute atomic E-state index is 0.163. The highest BCUT2D eigenvalue weighted by Gasteiger charge is 2.06. The second kappa shape index (κ2) is 5.55. The Morgan fingerprint density at radius 1 is 0.900 bits per heavy atom. The number of ether oxygens (including phenoxy) is 1. The first-order chi connectivity index (χ1) is 9.74. The van der Waals surface area contributed by atoms with Gasteiger partial charge in [0.05, 0.1) is 0 Å². The molecule has 0 saturated heterocycles. The Bertz CT molecular complexity index is 753. The average molecular weight is 329 g/mol. The van der Waals surface area contributed by atoms with E-state index < -0.39 is 0 Å². The SMILES string of the molecule is Oc1cc2ccccc2cc1OCc1ccccc1Br. The van der Waals surface area contributed by atoms with E-state index >= 15 is 0 Å². The van der Waals surface area contributed by atoms with Crippen LogP contribution in [0, 0.1) is 0 Å². The van der Waals surface area contributed by atoms with Crippen LogP contribution in [-0.4, -0.2) is 5.11 Å². The molecule has 0 atom stereocenters. The Morgan fingerprint density at radius 3 is 2.30 bits per heavy atom. The maximum Gasteiger partial charge on any atom is 0.162 e. The minimum atomic E-state index is 0.163. The molecule has 0 spiro atoms. The molecule has 0 fully saturated rings. The fourth-order valence-corrected chi connectivity index (χ4v) is 2.49. The van der Waals surface area contributed by atoms with Crippen molar-refractivity contribution < 1.29 is 9.84 Å². The molecular weight excluding hydrogens is 316 g/mol. The fourth-order valence-electron chi connectivity index (χ4n) is 2.09. The van der Waals surface area contributed by atoms with E-state index in [1.165, 1.54) is 0 Å². The van der Waals surface area contributed by atoms with Gasteiger partial charge in [-0.1, -0.05) is 58.4 Å². The van der Waals surface area contributed by atoms with Crippen LogP contribution in [0.3, 0.4) is 0 Å². The Balaban J connectivity index is 1.87. The molecule has 0 aliphatic rings. The zero-order valence-corrected chi connectivity index (χ0v) is 12.3. The molecule has 0 amide bonds. The highest BCUT2D eigenvalue weighted by molar-refractivity contribution is 9.10. The third kappa shape index (κ3) is 2.63. The van der Waals surface area contributed by atoms with Gasteiger partial charge in [-0.15, -0.1) is 0 Å². The molecule has 3 rings (SSSR count). The molecule has 0 unspecified atom stereocenters. The van der Waals surface area contributed by atoms with E-state index in [0.717, 1.165) is 20.8 Å². The summed E-state index contributed by atoms with van der Waals surface area (Å²) in [5.74, 6) is 0.662. The molecule has 3 aromatic rings. The first-order valence-electron chi connectivity index (χ1n) is 6.32. The zero-order chi connectivity index (χ0) is 13.9. The van der Waals surface area contributed by atoms with E-state index in [1.807, 2.05) is 54.6 Å². The fraction of sp³-hybridized carbons (Fsp3) is 0.0588. The standard InChI is InChI=1S/C17H13BrO2/c18-15-8-4-3-7-14(15)11-20-17-10-13-6-2-1-5-12(13)9-16(17)19/h1-10,19H,11H2. The van der Waals surface area contributed by atoms with Crippen molar-refractivity contribution in [1.29, 1.82) is 0 Å². The number of aromatic hydroxyl groups is 1. The Kier molecular flexibility index (Phi) is 3.61. The third-order valence-corrected chi connectivity index (χ3v) is 3.94. The Hall–Kier alpha value is -2.00. The summed E-state index contributed by atoms with van der Waals surface area (Å²) in [5.41, 5.74) is 1.04. The molecule has 0 heterocycles. The molecular formula is C17H13BrO2. The first-order valence-corrected chi connectivity index (χ1v) is 7.11. The number of benzene rings is 3. The van der Waals surface area contributed by atoms with Crippen molar-refractivity contribution in [3.63, 3.8) is 0 Å². The summed E-state index contributed by atoms with van der Waals surface area (Å²) in [6, 6.07) is 19.4. The quantitative estimate of drug-likeness (QED) is 0.741. The van der Waals surface area contributed by atoms with Crippen LogP contribution in [0.25, 0.3) is 10.8 Å². The van der Waals surface area contributed by atoms with E-state index in [-0.39, 0.29) is 5.75 Å². The Labute approximate surface area is 125 Å². The van der Waals surface area contributed by atoms with Crippen molar-refractivity contribution in [3.8, 4) is 11.5 Å². The van der Waals surface area contributed by atoms with Crippen molar-refractivity contribution in [2.45, 2.75) is 6.61 Å². The predicted octanol–water partition coefficient (Wildman–Crippen LogP) is 4.89. The summed E-state index contributed by atoms with van der Waals surface area (Å²) >= 11 is 3.49. The normalized spacial score (nSPS) is 10.7. The minimum Gasteiger partial charge on any atom is -0.504 e. The van der Waals surface area contributed by atoms with E-state index in [9.17, 15) is 5.11 Å². The zero-order valence-electron chi connectivity index (χ0n) is 10.7. The molecule has 2 nitrogen and oxygen atoms in total. The number of halogens is 1. The van der Waals surface area contributed by atoms with Gasteiger partial charge in [0.2, 0.25) is 0 Å². The van der Waals surface area contributed by atoms with Gasteiger partial charge in [-0.2, -0.15) is 0 Å². The van der Waals surface area contributed by atoms with Gasteiger partial charge in [-0.25, -0.2) is 0 Å². The van der Waals surface area contributed by atoms with Gasteiger partial charge in [0.25, 0.3) is 0 Å². The summed E-state index contributed by atoms with van der Waals surface area (Å²) in [7, 11) is 0. The molecule has 0 saturated carbocycles. The van der Waals surface area contributed by atoms with Crippen molar-refractivity contribution in [1.82, 2.24) is 0 Å². The average Bonchev–Trinajstić information content (AvgIpc) is 2.46. The first kappa shape index (κ1) is 13.0. The molecule has 0 aromatic heterocycles. The molecule has 0 radical (unpaired) electrons. The van der Waals surface area contributed by atoms with Crippen molar-refractivity contribution in [3.05, 3.63) is 70.7 Å². The molecule has 20 heavy (non-hydrogen) atoms. The third-order valence-electron chi connectivity index (χ3n) is 3.17. The molecule has 0 aliphatic heterocycles. The molecule has 100 valence electrons. The summed E-state index contributed by atoms with van der Waals surface area (Å²) in [6.45, 7) is 0.410. The highest BCUT2D eigenvalue weighted by Crippen LogP contribution is 2.32. The van der Waals surface area contributed by atoms with Gasteiger partial charge in [-0.3, -0.25) is 0 Å². The smallest absolute Gasteiger partial charge is 0.162 e. The summed E-state index contributed by atoms with van der Waals surface area (Å²) in [4.78, 5) is 0. The van der Waals surface area contributed by atoms with Crippen LogP contribution in [0.2, 0.25) is 0 Å². The molecule has 3 heteroatoms. The molecule has 1 N–H and O–H groups in total. The number of phenols is 1. The van der Waals surface area contributed by atoms with Gasteiger partial charge >= 0.3 is 0 Å². The van der Waals surface area contributed by atoms with Gasteiger partial charge in [-0.05, 0) is 29.0 Å². The maximum atomic E-state index is 10.0. The van der Waals surface area contributed by atoms with Crippen molar-refractivity contribution in [2.75, 3.05) is 0 Å².